The number of rotatable bonds is 5. The molecule has 3 fully saturated rings. The normalized spacial score (nSPS) is 26.6. The van der Waals surface area contributed by atoms with Crippen molar-refractivity contribution in [3.05, 3.63) is 24.3 Å². The van der Waals surface area contributed by atoms with Crippen LogP contribution in [0.4, 0.5) is 5.69 Å². The zero-order valence-corrected chi connectivity index (χ0v) is 18.0. The first-order chi connectivity index (χ1) is 13.8. The third-order valence-corrected chi connectivity index (χ3v) is 9.12. The van der Waals surface area contributed by atoms with Crippen molar-refractivity contribution in [1.82, 2.24) is 4.72 Å². The van der Waals surface area contributed by atoms with Crippen molar-refractivity contribution in [3.63, 3.8) is 0 Å². The molecule has 2 saturated heterocycles. The van der Waals surface area contributed by atoms with Crippen LogP contribution in [0.15, 0.2) is 29.2 Å². The van der Waals surface area contributed by atoms with Crippen molar-refractivity contribution in [2.75, 3.05) is 29.8 Å². The van der Waals surface area contributed by atoms with Gasteiger partial charge in [0.25, 0.3) is 0 Å². The minimum atomic E-state index is -3.72. The van der Waals surface area contributed by atoms with Gasteiger partial charge in [0.2, 0.25) is 20.0 Å². The van der Waals surface area contributed by atoms with Crippen LogP contribution in [0, 0.1) is 0 Å². The summed E-state index contributed by atoms with van der Waals surface area (Å²) in [6, 6.07) is 5.97. The summed E-state index contributed by atoms with van der Waals surface area (Å²) in [6.45, 7) is 0.952. The van der Waals surface area contributed by atoms with Crippen molar-refractivity contribution in [2.45, 2.75) is 61.7 Å². The molecule has 162 valence electrons. The van der Waals surface area contributed by atoms with E-state index in [4.69, 9.17) is 9.47 Å². The van der Waals surface area contributed by atoms with E-state index in [2.05, 4.69) is 4.72 Å². The van der Waals surface area contributed by atoms with Gasteiger partial charge in [-0.3, -0.25) is 4.31 Å². The van der Waals surface area contributed by atoms with Gasteiger partial charge in [-0.2, -0.15) is 0 Å². The molecular weight excluding hydrogens is 416 g/mol. The molecule has 1 saturated carbocycles. The molecule has 1 aliphatic carbocycles. The van der Waals surface area contributed by atoms with E-state index in [1.807, 2.05) is 0 Å². The number of ether oxygens (including phenoxy) is 2. The lowest BCUT2D eigenvalue weighted by molar-refractivity contribution is -0.186. The summed E-state index contributed by atoms with van der Waals surface area (Å²) in [5, 5.41) is 0. The molecule has 1 aromatic carbocycles. The van der Waals surface area contributed by atoms with Crippen LogP contribution in [0.3, 0.4) is 0 Å². The van der Waals surface area contributed by atoms with Crippen LogP contribution < -0.4 is 9.03 Å². The van der Waals surface area contributed by atoms with Gasteiger partial charge in [0.05, 0.1) is 29.0 Å². The van der Waals surface area contributed by atoms with E-state index in [-0.39, 0.29) is 23.3 Å². The number of nitrogens with one attached hydrogen (secondary N) is 1. The van der Waals surface area contributed by atoms with Crippen LogP contribution >= 0.6 is 0 Å². The second kappa shape index (κ2) is 8.14. The highest BCUT2D eigenvalue weighted by atomic mass is 32.2. The molecule has 1 spiro atoms. The van der Waals surface area contributed by atoms with Gasteiger partial charge in [-0.25, -0.2) is 21.6 Å². The predicted octanol–water partition coefficient (Wildman–Crippen LogP) is 1.97. The quantitative estimate of drug-likeness (QED) is 0.745. The first-order valence-electron chi connectivity index (χ1n) is 10.2. The lowest BCUT2D eigenvalue weighted by Gasteiger charge is -2.31. The number of benzene rings is 1. The monoisotopic (exact) mass is 444 g/mol. The van der Waals surface area contributed by atoms with Gasteiger partial charge in [-0.15, -0.1) is 0 Å². The summed E-state index contributed by atoms with van der Waals surface area (Å²) in [7, 11) is -7.04. The van der Waals surface area contributed by atoms with Crippen molar-refractivity contribution in [2.24, 2.45) is 0 Å². The molecule has 4 rings (SSSR count). The Hall–Kier alpha value is -1.20. The number of hydrogen-bond acceptors (Lipinski definition) is 6. The summed E-state index contributed by atoms with van der Waals surface area (Å²) in [4.78, 5) is 0.0990. The van der Waals surface area contributed by atoms with Crippen molar-refractivity contribution >= 4 is 25.7 Å². The highest BCUT2D eigenvalue weighted by Gasteiger charge is 2.42. The highest BCUT2D eigenvalue weighted by Crippen LogP contribution is 2.37. The Morgan fingerprint density at radius 1 is 1.07 bits per heavy atom. The fraction of sp³-hybridized carbons (Fsp3) is 0.684. The maximum absolute atomic E-state index is 12.6. The van der Waals surface area contributed by atoms with Gasteiger partial charge >= 0.3 is 0 Å². The van der Waals surface area contributed by atoms with E-state index < -0.39 is 25.8 Å². The Kier molecular flexibility index (Phi) is 5.91. The summed E-state index contributed by atoms with van der Waals surface area (Å²) in [5.41, 5.74) is 0.496. The molecule has 0 aromatic heterocycles. The highest BCUT2D eigenvalue weighted by molar-refractivity contribution is 7.92. The summed E-state index contributed by atoms with van der Waals surface area (Å²) < 4.78 is 65.5. The molecule has 1 aromatic rings. The summed E-state index contributed by atoms with van der Waals surface area (Å²) in [6.07, 6.45) is 6.18. The van der Waals surface area contributed by atoms with E-state index in [0.717, 1.165) is 32.1 Å². The molecule has 2 aliphatic heterocycles. The summed E-state index contributed by atoms with van der Waals surface area (Å²) in [5.74, 6) is -0.407. The summed E-state index contributed by atoms with van der Waals surface area (Å²) >= 11 is 0. The SMILES string of the molecule is O=S(=O)(NCC1COC2(CCCCC2)O1)c1ccc(N2CCCCS2(=O)=O)cc1. The molecule has 3 aliphatic rings. The number of nitrogens with zero attached hydrogens (tertiary/aromatic N) is 1. The zero-order chi connectivity index (χ0) is 20.5. The third kappa shape index (κ3) is 4.61. The predicted molar refractivity (Wildman–Crippen MR) is 109 cm³/mol. The van der Waals surface area contributed by atoms with E-state index in [9.17, 15) is 16.8 Å². The van der Waals surface area contributed by atoms with Crippen LogP contribution in [0.2, 0.25) is 0 Å². The molecule has 0 amide bonds. The average molecular weight is 445 g/mol. The molecular formula is C19H28N2O6S2. The van der Waals surface area contributed by atoms with Crippen LogP contribution in [-0.2, 0) is 29.5 Å². The number of anilines is 1. The van der Waals surface area contributed by atoms with Gasteiger partial charge in [0, 0.05) is 25.9 Å². The van der Waals surface area contributed by atoms with E-state index in [1.165, 1.54) is 22.9 Å². The topological polar surface area (TPSA) is 102 Å². The van der Waals surface area contributed by atoms with Gasteiger partial charge < -0.3 is 9.47 Å². The maximum atomic E-state index is 12.6. The molecule has 1 atom stereocenters. The van der Waals surface area contributed by atoms with E-state index in [0.29, 0.717) is 25.3 Å². The standard InChI is InChI=1S/C19H28N2O6S2/c22-28(23)13-5-4-12-21(28)16-6-8-18(9-7-16)29(24,25)20-14-17-15-26-19(27-17)10-2-1-3-11-19/h6-9,17,20H,1-5,10-15H2. The molecule has 10 heteroatoms. The second-order valence-corrected chi connectivity index (χ2v) is 11.7. The molecule has 0 radical (unpaired) electrons. The fourth-order valence-electron chi connectivity index (χ4n) is 4.23. The average Bonchev–Trinajstić information content (AvgIpc) is 3.09. The first-order valence-corrected chi connectivity index (χ1v) is 13.3. The minimum Gasteiger partial charge on any atom is -0.347 e. The second-order valence-electron chi connectivity index (χ2n) is 7.96. The molecule has 2 heterocycles. The Bertz CT molecular complexity index is 924. The van der Waals surface area contributed by atoms with Gasteiger partial charge in [-0.05, 0) is 49.9 Å². The molecule has 29 heavy (non-hydrogen) atoms. The first kappa shape index (κ1) is 21.0. The van der Waals surface area contributed by atoms with Gasteiger partial charge in [0.15, 0.2) is 5.79 Å². The Morgan fingerprint density at radius 3 is 2.48 bits per heavy atom. The smallest absolute Gasteiger partial charge is 0.240 e. The molecule has 0 bridgehead atoms. The zero-order valence-electron chi connectivity index (χ0n) is 16.4. The third-order valence-electron chi connectivity index (χ3n) is 5.81. The van der Waals surface area contributed by atoms with Crippen molar-refractivity contribution < 1.29 is 26.3 Å². The Balaban J connectivity index is 1.38. The Labute approximate surface area is 172 Å². The van der Waals surface area contributed by atoms with Crippen LogP contribution in [0.25, 0.3) is 0 Å². The molecule has 8 nitrogen and oxygen atoms in total. The van der Waals surface area contributed by atoms with E-state index in [1.54, 1.807) is 12.1 Å². The van der Waals surface area contributed by atoms with Crippen LogP contribution in [0.5, 0.6) is 0 Å². The van der Waals surface area contributed by atoms with Crippen LogP contribution in [-0.4, -0.2) is 54.2 Å². The van der Waals surface area contributed by atoms with Crippen molar-refractivity contribution in [3.8, 4) is 0 Å². The van der Waals surface area contributed by atoms with Gasteiger partial charge in [0.1, 0.15) is 0 Å². The largest absolute Gasteiger partial charge is 0.347 e. The lowest BCUT2D eigenvalue weighted by Crippen LogP contribution is -2.38. The Morgan fingerprint density at radius 2 is 1.79 bits per heavy atom. The van der Waals surface area contributed by atoms with Gasteiger partial charge in [-0.1, -0.05) is 6.42 Å². The fourth-order valence-corrected chi connectivity index (χ4v) is 6.93. The van der Waals surface area contributed by atoms with Crippen molar-refractivity contribution in [1.29, 1.82) is 0 Å². The minimum absolute atomic E-state index is 0.0990. The number of hydrogen-bond donors (Lipinski definition) is 1. The maximum Gasteiger partial charge on any atom is 0.240 e. The molecule has 1 unspecified atom stereocenters. The van der Waals surface area contributed by atoms with E-state index >= 15 is 0 Å². The lowest BCUT2D eigenvalue weighted by atomic mass is 9.94. The molecule has 1 N–H and O–H groups in total. The van der Waals surface area contributed by atoms with Crippen LogP contribution in [0.1, 0.15) is 44.9 Å². The number of sulfonamides is 2.